The van der Waals surface area contributed by atoms with Gasteiger partial charge < -0.3 is 39.4 Å². The van der Waals surface area contributed by atoms with Gasteiger partial charge in [0.25, 0.3) is 0 Å². The van der Waals surface area contributed by atoms with Crippen LogP contribution in [0.3, 0.4) is 0 Å². The molecule has 1 aliphatic carbocycles. The SMILES string of the molecule is COCOc1ccc2c(c1OCOC)-c1cccc3c1[C@@H](C2)N(C)CC3.O=C(O)[C@H](O)[C@@H](O)C(=O)O. The number of carboxylic acids is 2. The number of carbonyl (C=O) groups is 2. The Labute approximate surface area is 208 Å². The first kappa shape index (κ1) is 27.4. The number of aliphatic hydroxyl groups excluding tert-OH is 2. The number of aliphatic hydroxyl groups is 2. The second-order valence-electron chi connectivity index (χ2n) is 8.42. The lowest BCUT2D eigenvalue weighted by Crippen LogP contribution is -2.39. The number of nitrogens with zero attached hydrogens (tertiary/aromatic N) is 1. The van der Waals surface area contributed by atoms with E-state index in [0.29, 0.717) is 11.8 Å². The Balaban J connectivity index is 0.000000308. The molecule has 1 heterocycles. The average molecular weight is 506 g/mol. The summed E-state index contributed by atoms with van der Waals surface area (Å²) in [5.74, 6) is -2.12. The molecule has 0 aromatic heterocycles. The van der Waals surface area contributed by atoms with E-state index < -0.39 is 24.1 Å². The quantitative estimate of drug-likeness (QED) is 0.364. The summed E-state index contributed by atoms with van der Waals surface area (Å²) in [6, 6.07) is 11.1. The van der Waals surface area contributed by atoms with Crippen molar-refractivity contribution in [2.75, 3.05) is 41.4 Å². The number of carboxylic acid groups (broad SMARTS) is 2. The minimum atomic E-state index is -2.27. The van der Waals surface area contributed by atoms with Gasteiger partial charge in [-0.1, -0.05) is 24.3 Å². The number of hydrogen-bond donors (Lipinski definition) is 4. The third-order valence-electron chi connectivity index (χ3n) is 6.14. The first-order valence-electron chi connectivity index (χ1n) is 11.2. The van der Waals surface area contributed by atoms with Crippen molar-refractivity contribution in [3.63, 3.8) is 0 Å². The van der Waals surface area contributed by atoms with E-state index in [-0.39, 0.29) is 13.6 Å². The van der Waals surface area contributed by atoms with Crippen molar-refractivity contribution < 1.29 is 49.0 Å². The van der Waals surface area contributed by atoms with Gasteiger partial charge in [-0.15, -0.1) is 0 Å². The topological polar surface area (TPSA) is 155 Å². The van der Waals surface area contributed by atoms with Gasteiger partial charge in [0.15, 0.2) is 37.3 Å². The van der Waals surface area contributed by atoms with Crippen molar-refractivity contribution in [3.8, 4) is 22.6 Å². The zero-order chi connectivity index (χ0) is 26.4. The van der Waals surface area contributed by atoms with Crippen LogP contribution in [0.2, 0.25) is 0 Å². The second kappa shape index (κ2) is 12.2. The van der Waals surface area contributed by atoms with Crippen molar-refractivity contribution in [1.82, 2.24) is 4.90 Å². The summed E-state index contributed by atoms with van der Waals surface area (Å²) in [4.78, 5) is 22.0. The fraction of sp³-hybridized carbons (Fsp3) is 0.440. The third kappa shape index (κ3) is 5.77. The summed E-state index contributed by atoms with van der Waals surface area (Å²) in [7, 11) is 5.45. The van der Waals surface area contributed by atoms with E-state index in [1.54, 1.807) is 14.2 Å². The molecule has 4 N–H and O–H groups in total. The summed E-state index contributed by atoms with van der Waals surface area (Å²) in [5.41, 5.74) is 6.52. The molecular formula is C25H31NO10. The van der Waals surface area contributed by atoms with Crippen molar-refractivity contribution in [2.45, 2.75) is 31.1 Å². The van der Waals surface area contributed by atoms with Crippen LogP contribution in [0.4, 0.5) is 0 Å². The van der Waals surface area contributed by atoms with Crippen LogP contribution in [0.1, 0.15) is 22.7 Å². The van der Waals surface area contributed by atoms with Crippen molar-refractivity contribution in [1.29, 1.82) is 0 Å². The fourth-order valence-corrected chi connectivity index (χ4v) is 4.42. The molecule has 0 saturated heterocycles. The van der Waals surface area contributed by atoms with Crippen LogP contribution in [0.5, 0.6) is 11.5 Å². The first-order chi connectivity index (χ1) is 17.2. The lowest BCUT2D eigenvalue weighted by atomic mass is 9.77. The maximum atomic E-state index is 9.77. The smallest absolute Gasteiger partial charge is 0.335 e. The average Bonchev–Trinajstić information content (AvgIpc) is 2.87. The maximum absolute atomic E-state index is 9.77. The van der Waals surface area contributed by atoms with E-state index >= 15 is 0 Å². The lowest BCUT2D eigenvalue weighted by Gasteiger charge is -2.40. The molecule has 0 amide bonds. The normalized spacial score (nSPS) is 17.5. The molecule has 0 bridgehead atoms. The van der Waals surface area contributed by atoms with Crippen LogP contribution < -0.4 is 9.47 Å². The fourth-order valence-electron chi connectivity index (χ4n) is 4.42. The molecule has 0 unspecified atom stereocenters. The molecular weight excluding hydrogens is 474 g/mol. The van der Waals surface area contributed by atoms with Crippen molar-refractivity contribution in [3.05, 3.63) is 47.0 Å². The Morgan fingerprint density at radius 3 is 2.22 bits per heavy atom. The molecule has 0 saturated carbocycles. The van der Waals surface area contributed by atoms with Gasteiger partial charge in [-0.05, 0) is 48.2 Å². The van der Waals surface area contributed by atoms with E-state index in [1.807, 2.05) is 6.07 Å². The third-order valence-corrected chi connectivity index (χ3v) is 6.14. The monoisotopic (exact) mass is 505 g/mol. The summed E-state index contributed by atoms with van der Waals surface area (Å²) in [5, 5.41) is 32.5. The number of fused-ring (bicyclic) bond motifs is 2. The van der Waals surface area contributed by atoms with Crippen LogP contribution in [0, 0.1) is 0 Å². The molecule has 11 nitrogen and oxygen atoms in total. The van der Waals surface area contributed by atoms with Crippen LogP contribution >= 0.6 is 0 Å². The van der Waals surface area contributed by atoms with Gasteiger partial charge in [0, 0.05) is 32.4 Å². The zero-order valence-electron chi connectivity index (χ0n) is 20.3. The van der Waals surface area contributed by atoms with Gasteiger partial charge in [0.2, 0.25) is 0 Å². The van der Waals surface area contributed by atoms with Gasteiger partial charge in [-0.25, -0.2) is 9.59 Å². The van der Waals surface area contributed by atoms with Gasteiger partial charge in [-0.3, -0.25) is 4.90 Å². The molecule has 2 aromatic carbocycles. The summed E-state index contributed by atoms with van der Waals surface area (Å²) < 4.78 is 22.0. The van der Waals surface area contributed by atoms with Gasteiger partial charge in [0.05, 0.1) is 0 Å². The van der Waals surface area contributed by atoms with Gasteiger partial charge >= 0.3 is 11.9 Å². The van der Waals surface area contributed by atoms with E-state index in [9.17, 15) is 9.59 Å². The largest absolute Gasteiger partial charge is 0.479 e. The number of aliphatic carboxylic acids is 2. The highest BCUT2D eigenvalue weighted by Gasteiger charge is 2.35. The van der Waals surface area contributed by atoms with Crippen molar-refractivity contribution in [2.24, 2.45) is 0 Å². The molecule has 2 aliphatic rings. The Kier molecular flexibility index (Phi) is 9.24. The molecule has 196 valence electrons. The van der Waals surface area contributed by atoms with Crippen LogP contribution in [0.25, 0.3) is 11.1 Å². The van der Waals surface area contributed by atoms with Gasteiger partial charge in [-0.2, -0.15) is 0 Å². The Hall–Kier alpha value is -3.22. The summed E-state index contributed by atoms with van der Waals surface area (Å²) in [6.07, 6.45) is -2.47. The van der Waals surface area contributed by atoms with Crippen LogP contribution in [-0.4, -0.2) is 90.9 Å². The van der Waals surface area contributed by atoms with Crippen LogP contribution in [-0.2, 0) is 31.9 Å². The molecule has 0 radical (unpaired) electrons. The molecule has 11 heteroatoms. The molecule has 0 spiro atoms. The van der Waals surface area contributed by atoms with E-state index in [2.05, 4.69) is 36.2 Å². The van der Waals surface area contributed by atoms with Gasteiger partial charge in [0.1, 0.15) is 0 Å². The number of methoxy groups -OCH3 is 2. The molecule has 0 fully saturated rings. The Bertz CT molecular complexity index is 1070. The molecule has 1 aliphatic heterocycles. The highest BCUT2D eigenvalue weighted by atomic mass is 16.7. The second-order valence-corrected chi connectivity index (χ2v) is 8.42. The predicted molar refractivity (Wildman–Crippen MR) is 127 cm³/mol. The van der Waals surface area contributed by atoms with Crippen LogP contribution in [0.15, 0.2) is 30.3 Å². The maximum Gasteiger partial charge on any atom is 0.335 e. The minimum Gasteiger partial charge on any atom is -0.479 e. The lowest BCUT2D eigenvalue weighted by molar-refractivity contribution is -0.165. The molecule has 4 rings (SSSR count). The number of likely N-dealkylation sites (N-methyl/N-ethyl adjacent to an activating group) is 1. The van der Waals surface area contributed by atoms with E-state index in [0.717, 1.165) is 30.7 Å². The van der Waals surface area contributed by atoms with E-state index in [1.165, 1.54) is 22.3 Å². The number of hydrogen-bond acceptors (Lipinski definition) is 9. The minimum absolute atomic E-state index is 0.179. The standard InChI is InChI=1S/C21H25NO4.C4H6O6/c1-22-10-9-14-5-4-6-16-19(14)17(22)11-15-7-8-18(25-12-23-2)21(20(15)16)26-13-24-3;5-1(3(7)8)2(6)4(9)10/h4-8,17H,9-13H2,1-3H3;1-2,5-6H,(H,7,8)(H,9,10)/t17-;1-,2-/m11/s1. The number of benzene rings is 2. The number of rotatable bonds is 9. The zero-order valence-corrected chi connectivity index (χ0v) is 20.3. The first-order valence-corrected chi connectivity index (χ1v) is 11.2. The summed E-state index contributed by atoms with van der Waals surface area (Å²) >= 11 is 0. The number of ether oxygens (including phenoxy) is 4. The highest BCUT2D eigenvalue weighted by molar-refractivity contribution is 5.83. The summed E-state index contributed by atoms with van der Waals surface area (Å²) in [6.45, 7) is 1.46. The predicted octanol–water partition coefficient (Wildman–Crippen LogP) is 1.28. The van der Waals surface area contributed by atoms with E-state index in [4.69, 9.17) is 39.4 Å². The van der Waals surface area contributed by atoms with Crippen molar-refractivity contribution >= 4 is 11.9 Å². The Morgan fingerprint density at radius 1 is 0.972 bits per heavy atom. The Morgan fingerprint density at radius 2 is 1.61 bits per heavy atom. The molecule has 36 heavy (non-hydrogen) atoms. The molecule has 2 aromatic rings. The highest BCUT2D eigenvalue weighted by Crippen LogP contribution is 2.50. The molecule has 3 atom stereocenters.